The van der Waals surface area contributed by atoms with Crippen molar-refractivity contribution < 1.29 is 33.4 Å². The smallest absolute Gasteiger partial charge is 0.434 e. The topological polar surface area (TPSA) is 120 Å². The highest BCUT2D eigenvalue weighted by Crippen LogP contribution is 2.16. The van der Waals surface area contributed by atoms with Crippen LogP contribution in [0.4, 0.5) is 10.5 Å². The minimum atomic E-state index is -0.809. The molecule has 0 aliphatic rings. The molecule has 2 N–H and O–H groups in total. The minimum Gasteiger partial charge on any atom is -0.434 e. The second-order valence-corrected chi connectivity index (χ2v) is 7.26. The first-order valence-electron chi connectivity index (χ1n) is 10.8. The molecular weight excluding hydrogens is 452 g/mol. The Morgan fingerprint density at radius 3 is 2.14 bits per heavy atom. The molecule has 3 rings (SSSR count). The molecule has 0 aromatic heterocycles. The molecule has 0 atom stereocenters. The summed E-state index contributed by atoms with van der Waals surface area (Å²) in [6, 6.07) is 19.4. The molecule has 0 saturated heterocycles. The largest absolute Gasteiger partial charge is 0.513 e. The van der Waals surface area contributed by atoms with Gasteiger partial charge in [-0.05, 0) is 67.1 Å². The normalized spacial score (nSPS) is 10.1. The molecule has 0 aliphatic heterocycles. The Bertz CT molecular complexity index is 1210. The number of nitrogens with one attached hydrogen (secondary N) is 2. The highest BCUT2D eigenvalue weighted by atomic mass is 16.7. The first-order chi connectivity index (χ1) is 16.8. The van der Waals surface area contributed by atoms with Crippen molar-refractivity contribution in [1.82, 2.24) is 5.32 Å². The third kappa shape index (κ3) is 7.71. The van der Waals surface area contributed by atoms with Gasteiger partial charge in [0, 0.05) is 30.3 Å². The summed E-state index contributed by atoms with van der Waals surface area (Å²) in [5, 5.41) is 5.58. The van der Waals surface area contributed by atoms with Crippen molar-refractivity contribution in [1.29, 1.82) is 0 Å². The number of hydrogen-bond acceptors (Lipinski definition) is 7. The van der Waals surface area contributed by atoms with Gasteiger partial charge in [0.05, 0.1) is 6.61 Å². The van der Waals surface area contributed by atoms with E-state index in [1.807, 2.05) is 0 Å². The van der Waals surface area contributed by atoms with E-state index in [1.165, 1.54) is 37.3 Å². The van der Waals surface area contributed by atoms with E-state index < -0.39 is 12.1 Å². The van der Waals surface area contributed by atoms with Crippen LogP contribution >= 0.6 is 0 Å². The molecule has 0 aliphatic carbocycles. The zero-order valence-corrected chi connectivity index (χ0v) is 19.2. The zero-order valence-electron chi connectivity index (χ0n) is 19.2. The van der Waals surface area contributed by atoms with Crippen LogP contribution in [0.1, 0.15) is 40.1 Å². The van der Waals surface area contributed by atoms with Crippen molar-refractivity contribution in [2.45, 2.75) is 20.4 Å². The van der Waals surface area contributed by atoms with Crippen LogP contribution in [-0.2, 0) is 16.1 Å². The van der Waals surface area contributed by atoms with Gasteiger partial charge in [-0.3, -0.25) is 14.4 Å². The molecule has 180 valence electrons. The van der Waals surface area contributed by atoms with Gasteiger partial charge in [0.25, 0.3) is 11.8 Å². The fourth-order valence-corrected chi connectivity index (χ4v) is 2.98. The Morgan fingerprint density at radius 2 is 1.49 bits per heavy atom. The third-order valence-corrected chi connectivity index (χ3v) is 4.60. The molecule has 0 spiro atoms. The summed E-state index contributed by atoms with van der Waals surface area (Å²) in [7, 11) is 0. The summed E-state index contributed by atoms with van der Waals surface area (Å²) in [5.41, 5.74) is 2.15. The van der Waals surface area contributed by atoms with Gasteiger partial charge in [-0.25, -0.2) is 4.79 Å². The Labute approximate surface area is 202 Å². The fourth-order valence-electron chi connectivity index (χ4n) is 2.98. The first kappa shape index (κ1) is 25.0. The lowest BCUT2D eigenvalue weighted by molar-refractivity contribution is -0.131. The van der Waals surface area contributed by atoms with Crippen molar-refractivity contribution in [3.63, 3.8) is 0 Å². The molecule has 0 bridgehead atoms. The number of benzene rings is 3. The van der Waals surface area contributed by atoms with Gasteiger partial charge in [-0.15, -0.1) is 0 Å². The Balaban J connectivity index is 1.51. The van der Waals surface area contributed by atoms with Gasteiger partial charge in [-0.1, -0.05) is 18.2 Å². The summed E-state index contributed by atoms with van der Waals surface area (Å²) in [6.07, 6.45) is -0.809. The predicted octanol–water partition coefficient (Wildman–Crippen LogP) is 4.33. The van der Waals surface area contributed by atoms with E-state index in [9.17, 15) is 19.2 Å². The Kier molecular flexibility index (Phi) is 8.55. The van der Waals surface area contributed by atoms with E-state index in [-0.39, 0.29) is 30.7 Å². The standard InChI is InChI=1S/C26H24N2O7/c1-3-33-26(32)35-22-13-9-19(10-14-22)25(31)28-21-11-7-18(8-12-21)16-27-24(30)20-5-4-6-23(15-20)34-17(2)29/h4-15H,3,16H2,1-2H3,(H,27,30)(H,28,31). The van der Waals surface area contributed by atoms with Crippen LogP contribution in [0.15, 0.2) is 72.8 Å². The molecule has 3 aromatic carbocycles. The Hall–Kier alpha value is -4.66. The maximum absolute atomic E-state index is 12.5. The summed E-state index contributed by atoms with van der Waals surface area (Å²) in [5.74, 6) is -0.543. The van der Waals surface area contributed by atoms with Gasteiger partial charge >= 0.3 is 12.1 Å². The molecular formula is C26H24N2O7. The molecule has 35 heavy (non-hydrogen) atoms. The maximum Gasteiger partial charge on any atom is 0.513 e. The Morgan fingerprint density at radius 1 is 0.771 bits per heavy atom. The highest BCUT2D eigenvalue weighted by molar-refractivity contribution is 6.04. The number of amides is 2. The van der Waals surface area contributed by atoms with E-state index in [0.717, 1.165) is 5.56 Å². The zero-order chi connectivity index (χ0) is 25.2. The number of hydrogen-bond donors (Lipinski definition) is 2. The lowest BCUT2D eigenvalue weighted by Crippen LogP contribution is -2.22. The van der Waals surface area contributed by atoms with E-state index in [0.29, 0.717) is 22.6 Å². The van der Waals surface area contributed by atoms with Crippen molar-refractivity contribution in [3.05, 3.63) is 89.5 Å². The van der Waals surface area contributed by atoms with Gasteiger partial charge in [-0.2, -0.15) is 0 Å². The third-order valence-electron chi connectivity index (χ3n) is 4.60. The van der Waals surface area contributed by atoms with E-state index in [1.54, 1.807) is 49.4 Å². The molecule has 9 heteroatoms. The average molecular weight is 476 g/mol. The molecule has 9 nitrogen and oxygen atoms in total. The van der Waals surface area contributed by atoms with Crippen LogP contribution in [0.2, 0.25) is 0 Å². The van der Waals surface area contributed by atoms with Crippen molar-refractivity contribution in [2.24, 2.45) is 0 Å². The summed E-state index contributed by atoms with van der Waals surface area (Å²) >= 11 is 0. The minimum absolute atomic E-state index is 0.204. The number of carbonyl (C=O) groups excluding carboxylic acids is 4. The lowest BCUT2D eigenvalue weighted by Gasteiger charge is -2.09. The van der Waals surface area contributed by atoms with Gasteiger partial charge in [0.2, 0.25) is 0 Å². The quantitative estimate of drug-likeness (QED) is 0.282. The molecule has 2 amide bonds. The van der Waals surface area contributed by atoms with Gasteiger partial charge in [0.1, 0.15) is 11.5 Å². The average Bonchev–Trinajstić information content (AvgIpc) is 2.83. The lowest BCUT2D eigenvalue weighted by atomic mass is 10.1. The molecule has 0 saturated carbocycles. The van der Waals surface area contributed by atoms with Crippen LogP contribution in [0.25, 0.3) is 0 Å². The first-order valence-corrected chi connectivity index (χ1v) is 10.8. The van der Waals surface area contributed by atoms with Crippen LogP contribution < -0.4 is 20.1 Å². The predicted molar refractivity (Wildman–Crippen MR) is 127 cm³/mol. The van der Waals surface area contributed by atoms with Crippen LogP contribution in [0.5, 0.6) is 11.5 Å². The second-order valence-electron chi connectivity index (χ2n) is 7.26. The van der Waals surface area contributed by atoms with Crippen LogP contribution in [-0.4, -0.2) is 30.5 Å². The van der Waals surface area contributed by atoms with Crippen LogP contribution in [0.3, 0.4) is 0 Å². The molecule has 0 unspecified atom stereocenters. The van der Waals surface area contributed by atoms with E-state index in [4.69, 9.17) is 14.2 Å². The fraction of sp³-hybridized carbons (Fsp3) is 0.154. The number of carbonyl (C=O) groups is 4. The van der Waals surface area contributed by atoms with Gasteiger partial charge < -0.3 is 24.8 Å². The monoisotopic (exact) mass is 476 g/mol. The van der Waals surface area contributed by atoms with E-state index in [2.05, 4.69) is 10.6 Å². The number of esters is 1. The van der Waals surface area contributed by atoms with Crippen molar-refractivity contribution in [2.75, 3.05) is 11.9 Å². The number of rotatable bonds is 8. The summed E-state index contributed by atoms with van der Waals surface area (Å²) in [4.78, 5) is 47.3. The van der Waals surface area contributed by atoms with E-state index >= 15 is 0 Å². The molecule has 3 aromatic rings. The van der Waals surface area contributed by atoms with Gasteiger partial charge in [0.15, 0.2) is 0 Å². The highest BCUT2D eigenvalue weighted by Gasteiger charge is 2.10. The molecule has 0 radical (unpaired) electrons. The molecule has 0 heterocycles. The molecule has 0 fully saturated rings. The summed E-state index contributed by atoms with van der Waals surface area (Å²) in [6.45, 7) is 3.44. The van der Waals surface area contributed by atoms with Crippen LogP contribution in [0, 0.1) is 0 Å². The van der Waals surface area contributed by atoms with Crippen molar-refractivity contribution in [3.8, 4) is 11.5 Å². The van der Waals surface area contributed by atoms with Crippen molar-refractivity contribution >= 4 is 29.6 Å². The summed E-state index contributed by atoms with van der Waals surface area (Å²) < 4.78 is 14.7. The number of anilines is 1. The number of ether oxygens (including phenoxy) is 3. The second kappa shape index (κ2) is 12.0. The SMILES string of the molecule is CCOC(=O)Oc1ccc(C(=O)Nc2ccc(CNC(=O)c3cccc(OC(C)=O)c3)cc2)cc1. The maximum atomic E-state index is 12.5.